The number of carbonyl (C=O) groups excluding carboxylic acids is 2. The molecule has 0 unspecified atom stereocenters. The highest BCUT2D eigenvalue weighted by Crippen LogP contribution is 2.28. The lowest BCUT2D eigenvalue weighted by Gasteiger charge is -2.24. The number of hydrogen-bond donors (Lipinski definition) is 1. The summed E-state index contributed by atoms with van der Waals surface area (Å²) >= 11 is 1.58. The summed E-state index contributed by atoms with van der Waals surface area (Å²) in [6, 6.07) is 7.32. The number of nitrogens with one attached hydrogen (secondary N) is 1. The molecule has 1 aromatic carbocycles. The Morgan fingerprint density at radius 2 is 1.90 bits per heavy atom. The van der Waals surface area contributed by atoms with Gasteiger partial charge in [0.1, 0.15) is 12.2 Å². The summed E-state index contributed by atoms with van der Waals surface area (Å²) in [5, 5.41) is 2.81. The summed E-state index contributed by atoms with van der Waals surface area (Å²) in [4.78, 5) is 29.1. The molecule has 0 saturated heterocycles. The van der Waals surface area contributed by atoms with E-state index in [2.05, 4.69) is 10.3 Å². The molecule has 8 heteroatoms. The lowest BCUT2D eigenvalue weighted by molar-refractivity contribution is -0.148. The van der Waals surface area contributed by atoms with Gasteiger partial charge in [-0.1, -0.05) is 24.3 Å². The van der Waals surface area contributed by atoms with Gasteiger partial charge in [0.05, 0.1) is 35.3 Å². The van der Waals surface area contributed by atoms with Gasteiger partial charge in [-0.2, -0.15) is 0 Å². The average molecular weight is 421 g/mol. The fourth-order valence-electron chi connectivity index (χ4n) is 2.58. The first-order valence-electron chi connectivity index (χ1n) is 9.43. The average Bonchev–Trinajstić information content (AvgIpc) is 3.06. The Kier molecular flexibility index (Phi) is 8.16. The van der Waals surface area contributed by atoms with Crippen LogP contribution in [0.4, 0.5) is 4.79 Å². The van der Waals surface area contributed by atoms with Crippen LogP contribution < -0.4 is 5.32 Å². The summed E-state index contributed by atoms with van der Waals surface area (Å²) in [5.74, 6) is -0.445. The molecule has 0 spiro atoms. The highest BCUT2D eigenvalue weighted by Gasteiger charge is 2.21. The van der Waals surface area contributed by atoms with E-state index >= 15 is 0 Å². The number of ether oxygens (including phenoxy) is 3. The number of esters is 1. The lowest BCUT2D eigenvalue weighted by Crippen LogP contribution is -2.37. The van der Waals surface area contributed by atoms with Crippen molar-refractivity contribution in [2.45, 2.75) is 46.3 Å². The molecule has 0 fully saturated rings. The molecule has 0 radical (unpaired) electrons. The molecule has 0 aliphatic rings. The second kappa shape index (κ2) is 10.4. The monoisotopic (exact) mass is 420 g/mol. The zero-order valence-electron chi connectivity index (χ0n) is 17.5. The van der Waals surface area contributed by atoms with Crippen molar-refractivity contribution >= 4 is 23.4 Å². The van der Waals surface area contributed by atoms with Gasteiger partial charge in [0.15, 0.2) is 0 Å². The van der Waals surface area contributed by atoms with E-state index in [0.29, 0.717) is 6.61 Å². The van der Waals surface area contributed by atoms with E-state index in [0.717, 1.165) is 21.7 Å². The maximum atomic E-state index is 12.3. The minimum Gasteiger partial charge on any atom is -0.464 e. The third-order valence-corrected chi connectivity index (χ3v) is 4.80. The zero-order valence-corrected chi connectivity index (χ0v) is 18.3. The number of alkyl carbamates (subject to hydrolysis) is 1. The second-order valence-corrected chi connectivity index (χ2v) is 8.26. The molecule has 1 aromatic heterocycles. The summed E-state index contributed by atoms with van der Waals surface area (Å²) in [6.45, 7) is 9.31. The summed E-state index contributed by atoms with van der Waals surface area (Å²) in [6.07, 6.45) is -0.551. The molecule has 158 valence electrons. The number of aromatic nitrogens is 1. The van der Waals surface area contributed by atoms with Crippen LogP contribution in [-0.2, 0) is 19.0 Å². The van der Waals surface area contributed by atoms with Crippen LogP contribution in [0.3, 0.4) is 0 Å². The molecule has 29 heavy (non-hydrogen) atoms. The van der Waals surface area contributed by atoms with Crippen LogP contribution in [0.1, 0.15) is 45.0 Å². The molecule has 0 saturated carbocycles. The number of rotatable bonds is 8. The van der Waals surface area contributed by atoms with Crippen LogP contribution in [0.25, 0.3) is 10.4 Å². The normalized spacial score (nSPS) is 12.3. The van der Waals surface area contributed by atoms with Crippen molar-refractivity contribution in [3.63, 3.8) is 0 Å². The first-order chi connectivity index (χ1) is 13.7. The SMILES string of the molecule is CCOC(=O)COC[C@H](NC(=O)OC(C)(C)C)c1ccc(-c2scnc2C)cc1. The maximum Gasteiger partial charge on any atom is 0.408 e. The molecular weight excluding hydrogens is 392 g/mol. The third kappa shape index (κ3) is 7.47. The van der Waals surface area contributed by atoms with Gasteiger partial charge >= 0.3 is 12.1 Å². The van der Waals surface area contributed by atoms with Crippen LogP contribution in [0.2, 0.25) is 0 Å². The van der Waals surface area contributed by atoms with Gasteiger partial charge in [0.2, 0.25) is 0 Å². The molecule has 0 aliphatic carbocycles. The minimum atomic E-state index is -0.617. The number of carbonyl (C=O) groups is 2. The van der Waals surface area contributed by atoms with Gasteiger partial charge in [-0.25, -0.2) is 14.6 Å². The van der Waals surface area contributed by atoms with Gasteiger partial charge in [0, 0.05) is 0 Å². The molecule has 0 aliphatic heterocycles. The summed E-state index contributed by atoms with van der Waals surface area (Å²) in [7, 11) is 0. The fourth-order valence-corrected chi connectivity index (χ4v) is 3.39. The van der Waals surface area contributed by atoms with Crippen molar-refractivity contribution < 1.29 is 23.8 Å². The number of thiazole rings is 1. The van der Waals surface area contributed by atoms with Gasteiger partial charge in [-0.3, -0.25) is 0 Å². The van der Waals surface area contributed by atoms with E-state index < -0.39 is 23.7 Å². The quantitative estimate of drug-likeness (QED) is 0.642. The van der Waals surface area contributed by atoms with E-state index in [9.17, 15) is 9.59 Å². The summed E-state index contributed by atoms with van der Waals surface area (Å²) < 4.78 is 15.7. The number of aryl methyl sites for hydroxylation is 1. The number of nitrogens with zero attached hydrogens (tertiary/aromatic N) is 1. The van der Waals surface area contributed by atoms with Crippen LogP contribution in [-0.4, -0.2) is 42.5 Å². The topological polar surface area (TPSA) is 86.8 Å². The van der Waals surface area contributed by atoms with Crippen LogP contribution in [0.15, 0.2) is 29.8 Å². The number of hydrogen-bond acceptors (Lipinski definition) is 7. The van der Waals surface area contributed by atoms with Crippen LogP contribution in [0, 0.1) is 6.92 Å². The predicted molar refractivity (Wildman–Crippen MR) is 112 cm³/mol. The fraction of sp³-hybridized carbons (Fsp3) is 0.476. The van der Waals surface area contributed by atoms with Crippen LogP contribution in [0.5, 0.6) is 0 Å². The van der Waals surface area contributed by atoms with Crippen LogP contribution >= 0.6 is 11.3 Å². The van der Waals surface area contributed by atoms with E-state index in [1.165, 1.54) is 0 Å². The van der Waals surface area contributed by atoms with Crippen molar-refractivity contribution in [1.29, 1.82) is 0 Å². The highest BCUT2D eigenvalue weighted by atomic mass is 32.1. The van der Waals surface area contributed by atoms with Crippen molar-refractivity contribution in [1.82, 2.24) is 10.3 Å². The Labute approximate surface area is 175 Å². The number of amides is 1. The second-order valence-electron chi connectivity index (χ2n) is 7.41. The largest absolute Gasteiger partial charge is 0.464 e. The molecule has 1 atom stereocenters. The molecule has 1 N–H and O–H groups in total. The van der Waals surface area contributed by atoms with E-state index in [-0.39, 0.29) is 13.2 Å². The van der Waals surface area contributed by atoms with Crippen molar-refractivity contribution in [2.75, 3.05) is 19.8 Å². The molecule has 2 aromatic rings. The van der Waals surface area contributed by atoms with Gasteiger partial charge in [-0.15, -0.1) is 11.3 Å². The highest BCUT2D eigenvalue weighted by molar-refractivity contribution is 7.13. The van der Waals surface area contributed by atoms with E-state index in [4.69, 9.17) is 14.2 Å². The minimum absolute atomic E-state index is 0.108. The zero-order chi connectivity index (χ0) is 21.4. The first-order valence-corrected chi connectivity index (χ1v) is 10.3. The Balaban J connectivity index is 2.11. The third-order valence-electron chi connectivity index (χ3n) is 3.82. The Bertz CT molecular complexity index is 811. The lowest BCUT2D eigenvalue weighted by atomic mass is 10.0. The van der Waals surface area contributed by atoms with E-state index in [1.54, 1.807) is 39.0 Å². The standard InChI is InChI=1S/C21H28N2O5S/c1-6-27-18(24)12-26-11-17(23-20(25)28-21(3,4)5)15-7-9-16(10-8-15)19-14(2)22-13-29-19/h7-10,13,17H,6,11-12H2,1-5H3,(H,23,25)/t17-/m0/s1. The molecule has 0 bridgehead atoms. The van der Waals surface area contributed by atoms with Crippen molar-refractivity contribution in [2.24, 2.45) is 0 Å². The Morgan fingerprint density at radius 3 is 2.45 bits per heavy atom. The molecular formula is C21H28N2O5S. The Morgan fingerprint density at radius 1 is 1.21 bits per heavy atom. The molecule has 1 amide bonds. The maximum absolute atomic E-state index is 12.3. The molecule has 2 rings (SSSR count). The predicted octanol–water partition coefficient (Wildman–Crippen LogP) is 4.26. The van der Waals surface area contributed by atoms with Gasteiger partial charge < -0.3 is 19.5 Å². The smallest absolute Gasteiger partial charge is 0.408 e. The van der Waals surface area contributed by atoms with Crippen molar-refractivity contribution in [3.8, 4) is 10.4 Å². The first kappa shape index (κ1) is 22.8. The van der Waals surface area contributed by atoms with Gasteiger partial charge in [-0.05, 0) is 45.7 Å². The molecule has 7 nitrogen and oxygen atoms in total. The molecule has 1 heterocycles. The van der Waals surface area contributed by atoms with Crippen molar-refractivity contribution in [3.05, 3.63) is 41.0 Å². The van der Waals surface area contributed by atoms with Gasteiger partial charge in [0.25, 0.3) is 0 Å². The van der Waals surface area contributed by atoms with E-state index in [1.807, 2.05) is 36.7 Å². The number of benzene rings is 1. The Hall–Kier alpha value is -2.45. The summed E-state index contributed by atoms with van der Waals surface area (Å²) in [5.41, 5.74) is 4.06.